The van der Waals surface area contributed by atoms with E-state index in [-0.39, 0.29) is 5.57 Å². The third-order valence-corrected chi connectivity index (χ3v) is 2.94. The van der Waals surface area contributed by atoms with Crippen LogP contribution >= 0.6 is 0 Å². The number of fused-ring (bicyclic) bond motifs is 1. The fourth-order valence-corrected chi connectivity index (χ4v) is 1.95. The first kappa shape index (κ1) is 13.0. The number of amides is 2. The summed E-state index contributed by atoms with van der Waals surface area (Å²) in [5.74, 6) is 0.494. The minimum absolute atomic E-state index is 0.0303. The quantitative estimate of drug-likeness (QED) is 0.688. The lowest BCUT2D eigenvalue weighted by molar-refractivity contribution is -0.121. The van der Waals surface area contributed by atoms with Crippen molar-refractivity contribution in [1.82, 2.24) is 10.6 Å². The van der Waals surface area contributed by atoms with Crippen LogP contribution < -0.4 is 25.4 Å². The first-order chi connectivity index (χ1) is 10.1. The van der Waals surface area contributed by atoms with E-state index in [2.05, 4.69) is 22.5 Å². The van der Waals surface area contributed by atoms with Gasteiger partial charge in [0.15, 0.2) is 11.5 Å². The van der Waals surface area contributed by atoms with Crippen LogP contribution in [0.25, 0.3) is 0 Å². The normalized spacial score (nSPS) is 16.5. The van der Waals surface area contributed by atoms with E-state index >= 15 is 0 Å². The van der Waals surface area contributed by atoms with Crippen molar-refractivity contribution in [2.75, 3.05) is 18.5 Å². The summed E-state index contributed by atoms with van der Waals surface area (Å²) in [6.45, 7) is 4.50. The highest BCUT2D eigenvalue weighted by atomic mass is 16.6. The molecule has 108 valence electrons. The van der Waals surface area contributed by atoms with Crippen molar-refractivity contribution in [3.63, 3.8) is 0 Å². The monoisotopic (exact) mass is 287 g/mol. The third-order valence-electron chi connectivity index (χ3n) is 2.94. The molecule has 2 heterocycles. The van der Waals surface area contributed by atoms with E-state index in [0.717, 1.165) is 0 Å². The SMILES string of the molecule is C=C1NC=C(C(=O)Nc2ccc3c(c2)OCCO3)C(=O)N1. The molecule has 3 N–H and O–H groups in total. The van der Waals surface area contributed by atoms with Gasteiger partial charge in [-0.05, 0) is 12.1 Å². The number of ether oxygens (including phenoxy) is 2. The second-order valence-corrected chi connectivity index (χ2v) is 4.45. The van der Waals surface area contributed by atoms with E-state index in [9.17, 15) is 9.59 Å². The minimum Gasteiger partial charge on any atom is -0.486 e. The van der Waals surface area contributed by atoms with Crippen LogP contribution in [-0.2, 0) is 9.59 Å². The Morgan fingerprint density at radius 1 is 1.24 bits per heavy atom. The predicted octanol–water partition coefficient (Wildman–Crippen LogP) is 0.471. The molecular formula is C14H13N3O4. The molecule has 0 atom stereocenters. The molecule has 1 aromatic carbocycles. The molecule has 2 aliphatic rings. The van der Waals surface area contributed by atoms with Gasteiger partial charge < -0.3 is 25.4 Å². The zero-order valence-electron chi connectivity index (χ0n) is 11.1. The summed E-state index contributed by atoms with van der Waals surface area (Å²) in [5.41, 5.74) is 0.486. The predicted molar refractivity (Wildman–Crippen MR) is 74.6 cm³/mol. The van der Waals surface area contributed by atoms with Crippen LogP contribution in [0.4, 0.5) is 5.69 Å². The molecule has 0 unspecified atom stereocenters. The molecule has 0 aliphatic carbocycles. The Morgan fingerprint density at radius 2 is 2.00 bits per heavy atom. The van der Waals surface area contributed by atoms with Crippen LogP contribution in [0.3, 0.4) is 0 Å². The van der Waals surface area contributed by atoms with Gasteiger partial charge in [0.05, 0.1) is 0 Å². The largest absolute Gasteiger partial charge is 0.486 e. The first-order valence-corrected chi connectivity index (χ1v) is 6.31. The summed E-state index contributed by atoms with van der Waals surface area (Å²) in [5, 5.41) is 7.75. The van der Waals surface area contributed by atoms with Gasteiger partial charge in [-0.15, -0.1) is 0 Å². The average Bonchev–Trinajstić information content (AvgIpc) is 2.47. The standard InChI is InChI=1S/C14H13N3O4/c1-8-15-7-10(13(18)16-8)14(19)17-9-2-3-11-12(6-9)21-5-4-20-11/h2-3,6-7,15H,1,4-5H2,(H,16,18)(H,17,19). The molecule has 0 spiro atoms. The van der Waals surface area contributed by atoms with E-state index in [0.29, 0.717) is 36.2 Å². The van der Waals surface area contributed by atoms with Crippen LogP contribution in [0, 0.1) is 0 Å². The van der Waals surface area contributed by atoms with Gasteiger partial charge in [-0.1, -0.05) is 6.58 Å². The van der Waals surface area contributed by atoms with E-state index in [1.54, 1.807) is 18.2 Å². The fourth-order valence-electron chi connectivity index (χ4n) is 1.95. The van der Waals surface area contributed by atoms with Gasteiger partial charge in [0.2, 0.25) is 0 Å². The fraction of sp³-hybridized carbons (Fsp3) is 0.143. The van der Waals surface area contributed by atoms with Crippen LogP contribution in [0.5, 0.6) is 11.5 Å². The molecule has 0 aromatic heterocycles. The second kappa shape index (κ2) is 5.20. The summed E-state index contributed by atoms with van der Waals surface area (Å²) in [6, 6.07) is 5.04. The maximum Gasteiger partial charge on any atom is 0.263 e. The maximum atomic E-state index is 12.1. The number of rotatable bonds is 2. The van der Waals surface area contributed by atoms with E-state index < -0.39 is 11.8 Å². The summed E-state index contributed by atoms with van der Waals surface area (Å²) >= 11 is 0. The first-order valence-electron chi connectivity index (χ1n) is 6.31. The second-order valence-electron chi connectivity index (χ2n) is 4.45. The van der Waals surface area contributed by atoms with Crippen molar-refractivity contribution in [3.05, 3.63) is 42.4 Å². The highest BCUT2D eigenvalue weighted by Crippen LogP contribution is 2.32. The number of anilines is 1. The highest BCUT2D eigenvalue weighted by Gasteiger charge is 2.22. The van der Waals surface area contributed by atoms with E-state index in [4.69, 9.17) is 9.47 Å². The van der Waals surface area contributed by atoms with E-state index in [1.807, 2.05) is 0 Å². The lowest BCUT2D eigenvalue weighted by Gasteiger charge is -2.19. The molecule has 2 amide bonds. The molecule has 7 heteroatoms. The van der Waals surface area contributed by atoms with Gasteiger partial charge >= 0.3 is 0 Å². The summed E-state index contributed by atoms with van der Waals surface area (Å²) in [6.07, 6.45) is 1.31. The molecule has 3 rings (SSSR count). The van der Waals surface area contributed by atoms with Gasteiger partial charge in [0, 0.05) is 18.0 Å². The van der Waals surface area contributed by atoms with Crippen molar-refractivity contribution in [2.24, 2.45) is 0 Å². The Balaban J connectivity index is 1.76. The molecule has 21 heavy (non-hydrogen) atoms. The Hall–Kier alpha value is -2.96. The number of nitrogens with one attached hydrogen (secondary N) is 3. The number of carbonyl (C=O) groups excluding carboxylic acids is 2. The van der Waals surface area contributed by atoms with Crippen LogP contribution in [0.15, 0.2) is 42.4 Å². The van der Waals surface area contributed by atoms with Crippen LogP contribution in [0.2, 0.25) is 0 Å². The Morgan fingerprint density at radius 3 is 2.76 bits per heavy atom. The third kappa shape index (κ3) is 2.66. The lowest BCUT2D eigenvalue weighted by atomic mass is 10.2. The van der Waals surface area contributed by atoms with Gasteiger partial charge in [0.1, 0.15) is 24.6 Å². The van der Waals surface area contributed by atoms with Gasteiger partial charge in [-0.25, -0.2) is 0 Å². The van der Waals surface area contributed by atoms with Crippen molar-refractivity contribution >= 4 is 17.5 Å². The summed E-state index contributed by atoms with van der Waals surface area (Å²) in [7, 11) is 0. The topological polar surface area (TPSA) is 88.7 Å². The molecule has 0 radical (unpaired) electrons. The molecular weight excluding hydrogens is 274 g/mol. The van der Waals surface area contributed by atoms with Gasteiger partial charge in [-0.2, -0.15) is 0 Å². The Labute approximate surface area is 120 Å². The maximum absolute atomic E-state index is 12.1. The average molecular weight is 287 g/mol. The van der Waals surface area contributed by atoms with Crippen LogP contribution in [-0.4, -0.2) is 25.0 Å². The number of hydrogen-bond acceptors (Lipinski definition) is 5. The molecule has 0 saturated carbocycles. The van der Waals surface area contributed by atoms with Crippen LogP contribution in [0.1, 0.15) is 0 Å². The number of hydrogen-bond donors (Lipinski definition) is 3. The molecule has 2 aliphatic heterocycles. The smallest absolute Gasteiger partial charge is 0.263 e. The molecule has 0 fully saturated rings. The zero-order valence-corrected chi connectivity index (χ0v) is 11.1. The van der Waals surface area contributed by atoms with E-state index in [1.165, 1.54) is 6.20 Å². The summed E-state index contributed by atoms with van der Waals surface area (Å²) < 4.78 is 10.8. The molecule has 0 bridgehead atoms. The summed E-state index contributed by atoms with van der Waals surface area (Å²) in [4.78, 5) is 23.8. The van der Waals surface area contributed by atoms with Crippen molar-refractivity contribution < 1.29 is 19.1 Å². The Bertz CT molecular complexity index is 666. The molecule has 0 saturated heterocycles. The Kier molecular flexibility index (Phi) is 3.23. The van der Waals surface area contributed by atoms with Crippen molar-refractivity contribution in [2.45, 2.75) is 0 Å². The lowest BCUT2D eigenvalue weighted by Crippen LogP contribution is -2.39. The number of carbonyl (C=O) groups is 2. The van der Waals surface area contributed by atoms with Gasteiger partial charge in [0.25, 0.3) is 11.8 Å². The highest BCUT2D eigenvalue weighted by molar-refractivity contribution is 6.23. The zero-order chi connectivity index (χ0) is 14.8. The number of benzene rings is 1. The molecule has 7 nitrogen and oxygen atoms in total. The molecule has 1 aromatic rings. The van der Waals surface area contributed by atoms with Gasteiger partial charge in [-0.3, -0.25) is 9.59 Å². The van der Waals surface area contributed by atoms with Crippen molar-refractivity contribution in [1.29, 1.82) is 0 Å². The van der Waals surface area contributed by atoms with Crippen molar-refractivity contribution in [3.8, 4) is 11.5 Å². The minimum atomic E-state index is -0.524.